The highest BCUT2D eigenvalue weighted by molar-refractivity contribution is 5.79. The molecule has 0 radical (unpaired) electrons. The third-order valence-corrected chi connectivity index (χ3v) is 6.41. The molecule has 1 saturated carbocycles. The van der Waals surface area contributed by atoms with Crippen LogP contribution in [0.1, 0.15) is 63.9 Å². The number of hydrogen-bond donors (Lipinski definition) is 3. The number of hydrogen-bond acceptors (Lipinski definition) is 4. The number of aliphatic hydroxyl groups is 1. The summed E-state index contributed by atoms with van der Waals surface area (Å²) in [6.07, 6.45) is 8.76. The van der Waals surface area contributed by atoms with Crippen LogP contribution < -0.4 is 10.6 Å². The van der Waals surface area contributed by atoms with Gasteiger partial charge in [0.2, 0.25) is 0 Å². The van der Waals surface area contributed by atoms with Crippen molar-refractivity contribution in [2.75, 3.05) is 39.3 Å². The summed E-state index contributed by atoms with van der Waals surface area (Å²) in [5.41, 5.74) is 0.778. The molecule has 1 saturated heterocycles. The van der Waals surface area contributed by atoms with Gasteiger partial charge in [0.25, 0.3) is 0 Å². The van der Waals surface area contributed by atoms with Crippen LogP contribution in [-0.4, -0.2) is 67.0 Å². The van der Waals surface area contributed by atoms with Crippen LogP contribution in [-0.2, 0) is 11.3 Å². The lowest BCUT2D eigenvalue weighted by atomic mass is 9.85. The lowest BCUT2D eigenvalue weighted by Crippen LogP contribution is -2.41. The molecule has 3 N–H and O–H groups in total. The molecule has 6 nitrogen and oxygen atoms in total. The molecular formula is C25H42N4O2. The van der Waals surface area contributed by atoms with E-state index in [9.17, 15) is 5.11 Å². The first-order valence-electron chi connectivity index (χ1n) is 12.3. The number of guanidine groups is 1. The van der Waals surface area contributed by atoms with Crippen LogP contribution >= 0.6 is 0 Å². The summed E-state index contributed by atoms with van der Waals surface area (Å²) in [5.74, 6) is 0.802. The summed E-state index contributed by atoms with van der Waals surface area (Å²) < 4.78 is 6.13. The van der Waals surface area contributed by atoms with E-state index in [1.165, 1.54) is 12.0 Å². The summed E-state index contributed by atoms with van der Waals surface area (Å²) in [4.78, 5) is 7.16. The number of nitrogens with one attached hydrogen (secondary N) is 2. The number of likely N-dealkylation sites (tertiary alicyclic amines) is 1. The minimum atomic E-state index is -0.612. The topological polar surface area (TPSA) is 69.1 Å². The highest BCUT2D eigenvalue weighted by atomic mass is 16.5. The van der Waals surface area contributed by atoms with Crippen molar-refractivity contribution in [2.24, 2.45) is 4.99 Å². The molecule has 0 unspecified atom stereocenters. The number of nitrogens with zero attached hydrogens (tertiary/aromatic N) is 2. The molecule has 2 aliphatic rings. The third-order valence-electron chi connectivity index (χ3n) is 6.41. The highest BCUT2D eigenvalue weighted by Gasteiger charge is 2.28. The summed E-state index contributed by atoms with van der Waals surface area (Å²) >= 11 is 0. The van der Waals surface area contributed by atoms with Crippen LogP contribution in [0.4, 0.5) is 0 Å². The molecule has 1 heterocycles. The minimum absolute atomic E-state index is 0.384. The van der Waals surface area contributed by atoms with Gasteiger partial charge in [-0.2, -0.15) is 0 Å². The van der Waals surface area contributed by atoms with Gasteiger partial charge in [0.1, 0.15) is 0 Å². The Balaban J connectivity index is 1.28. The first kappa shape index (κ1) is 24.0. The molecule has 6 heteroatoms. The van der Waals surface area contributed by atoms with Gasteiger partial charge in [0, 0.05) is 39.3 Å². The fraction of sp³-hybridized carbons (Fsp3) is 0.720. The highest BCUT2D eigenvalue weighted by Crippen LogP contribution is 2.28. The van der Waals surface area contributed by atoms with Crippen molar-refractivity contribution in [2.45, 2.75) is 76.5 Å². The van der Waals surface area contributed by atoms with E-state index < -0.39 is 5.60 Å². The molecule has 0 spiro atoms. The van der Waals surface area contributed by atoms with E-state index >= 15 is 0 Å². The Morgan fingerprint density at radius 3 is 2.58 bits per heavy atom. The largest absolute Gasteiger partial charge is 0.388 e. The molecule has 0 bridgehead atoms. The maximum Gasteiger partial charge on any atom is 0.191 e. The fourth-order valence-electron chi connectivity index (χ4n) is 4.54. The Hall–Kier alpha value is -1.63. The maximum atomic E-state index is 10.7. The van der Waals surface area contributed by atoms with E-state index in [-0.39, 0.29) is 0 Å². The van der Waals surface area contributed by atoms with Gasteiger partial charge in [0.15, 0.2) is 5.96 Å². The smallest absolute Gasteiger partial charge is 0.191 e. The normalized spacial score (nSPS) is 20.5. The third kappa shape index (κ3) is 8.79. The van der Waals surface area contributed by atoms with E-state index in [2.05, 4.69) is 57.8 Å². The van der Waals surface area contributed by atoms with Crippen LogP contribution in [0.3, 0.4) is 0 Å². The van der Waals surface area contributed by atoms with Crippen LogP contribution in [0.2, 0.25) is 0 Å². The van der Waals surface area contributed by atoms with Gasteiger partial charge < -0.3 is 20.5 Å². The van der Waals surface area contributed by atoms with Crippen molar-refractivity contribution >= 4 is 5.96 Å². The SMILES string of the molecule is CCNC(=NCC1(O)CCCCC1)NCCCOC1CCN(Cc2ccccc2)CC1. The van der Waals surface area contributed by atoms with Crippen molar-refractivity contribution < 1.29 is 9.84 Å². The summed E-state index contributed by atoms with van der Waals surface area (Å²) in [7, 11) is 0. The van der Waals surface area contributed by atoms with E-state index in [1.807, 2.05) is 0 Å². The molecule has 1 aliphatic carbocycles. The lowest BCUT2D eigenvalue weighted by molar-refractivity contribution is 0.00527. The Bertz CT molecular complexity index is 638. The minimum Gasteiger partial charge on any atom is -0.388 e. The quantitative estimate of drug-likeness (QED) is 0.302. The second-order valence-electron chi connectivity index (χ2n) is 9.09. The first-order chi connectivity index (χ1) is 15.2. The molecule has 1 aromatic carbocycles. The van der Waals surface area contributed by atoms with Crippen LogP contribution in [0, 0.1) is 0 Å². The van der Waals surface area contributed by atoms with Gasteiger partial charge >= 0.3 is 0 Å². The maximum absolute atomic E-state index is 10.7. The van der Waals surface area contributed by atoms with Crippen LogP contribution in [0.25, 0.3) is 0 Å². The first-order valence-corrected chi connectivity index (χ1v) is 12.3. The van der Waals surface area contributed by atoms with E-state index in [0.717, 1.165) is 90.2 Å². The number of aliphatic imine (C=N–C) groups is 1. The van der Waals surface area contributed by atoms with E-state index in [0.29, 0.717) is 12.6 Å². The van der Waals surface area contributed by atoms with Gasteiger partial charge in [-0.3, -0.25) is 9.89 Å². The Morgan fingerprint density at radius 2 is 1.87 bits per heavy atom. The second-order valence-corrected chi connectivity index (χ2v) is 9.09. The molecule has 0 atom stereocenters. The second kappa shape index (κ2) is 13.0. The molecule has 1 aliphatic heterocycles. The van der Waals surface area contributed by atoms with Crippen LogP contribution in [0.15, 0.2) is 35.3 Å². The predicted octanol–water partition coefficient (Wildman–Crippen LogP) is 3.31. The van der Waals surface area contributed by atoms with Gasteiger partial charge in [-0.1, -0.05) is 49.6 Å². The summed E-state index contributed by atoms with van der Waals surface area (Å²) in [6, 6.07) is 10.7. The zero-order valence-electron chi connectivity index (χ0n) is 19.3. The molecule has 3 rings (SSSR count). The number of piperidine rings is 1. The Labute approximate surface area is 188 Å². The standard InChI is InChI=1S/C25H42N4O2/c1-2-26-24(28-21-25(30)14-7-4-8-15-25)27-16-9-19-31-23-12-17-29(18-13-23)20-22-10-5-3-6-11-22/h3,5-6,10-11,23,30H,2,4,7-9,12-21H2,1H3,(H2,26,27,28). The van der Waals surface area contributed by atoms with Gasteiger partial charge in [-0.25, -0.2) is 0 Å². The molecule has 2 fully saturated rings. The van der Waals surface area contributed by atoms with Crippen molar-refractivity contribution in [1.29, 1.82) is 0 Å². The average Bonchev–Trinajstić information content (AvgIpc) is 2.79. The Morgan fingerprint density at radius 1 is 1.13 bits per heavy atom. The molecule has 31 heavy (non-hydrogen) atoms. The van der Waals surface area contributed by atoms with Crippen molar-refractivity contribution in [3.05, 3.63) is 35.9 Å². The van der Waals surface area contributed by atoms with E-state index in [1.54, 1.807) is 0 Å². The van der Waals surface area contributed by atoms with Gasteiger partial charge in [-0.05, 0) is 44.6 Å². The predicted molar refractivity (Wildman–Crippen MR) is 127 cm³/mol. The molecule has 174 valence electrons. The summed E-state index contributed by atoms with van der Waals surface area (Å²) in [6.45, 7) is 8.24. The Kier molecular flexibility index (Phi) is 10.1. The van der Waals surface area contributed by atoms with Gasteiger partial charge in [-0.15, -0.1) is 0 Å². The molecule has 0 amide bonds. The van der Waals surface area contributed by atoms with Crippen molar-refractivity contribution in [3.8, 4) is 0 Å². The monoisotopic (exact) mass is 430 g/mol. The number of rotatable bonds is 10. The van der Waals surface area contributed by atoms with Crippen LogP contribution in [0.5, 0.6) is 0 Å². The molecule has 0 aromatic heterocycles. The number of benzene rings is 1. The number of ether oxygens (including phenoxy) is 1. The van der Waals surface area contributed by atoms with Gasteiger partial charge in [0.05, 0.1) is 18.2 Å². The van der Waals surface area contributed by atoms with Crippen molar-refractivity contribution in [1.82, 2.24) is 15.5 Å². The fourth-order valence-corrected chi connectivity index (χ4v) is 4.54. The zero-order valence-corrected chi connectivity index (χ0v) is 19.3. The molecular weight excluding hydrogens is 388 g/mol. The molecule has 1 aromatic rings. The lowest BCUT2D eigenvalue weighted by Gasteiger charge is -2.32. The van der Waals surface area contributed by atoms with Crippen molar-refractivity contribution in [3.63, 3.8) is 0 Å². The summed E-state index contributed by atoms with van der Waals surface area (Å²) in [5, 5.41) is 17.3. The zero-order chi connectivity index (χ0) is 21.8. The van der Waals surface area contributed by atoms with E-state index in [4.69, 9.17) is 4.74 Å². The average molecular weight is 431 g/mol.